The van der Waals surface area contributed by atoms with Crippen LogP contribution in [0.2, 0.25) is 4.34 Å². The number of carbonyl (C=O) groups is 1. The third-order valence-corrected chi connectivity index (χ3v) is 2.33. The van der Waals surface area contributed by atoms with Gasteiger partial charge in [-0.3, -0.25) is 4.79 Å². The van der Waals surface area contributed by atoms with Crippen LogP contribution in [0.15, 0.2) is 0 Å². The first-order chi connectivity index (χ1) is 5.63. The molecule has 0 aliphatic carbocycles. The van der Waals surface area contributed by atoms with Crippen LogP contribution in [-0.2, 0) is 11.4 Å². The van der Waals surface area contributed by atoms with E-state index in [0.717, 1.165) is 11.3 Å². The predicted octanol–water partition coefficient (Wildman–Crippen LogP) is 1.25. The van der Waals surface area contributed by atoms with Crippen LogP contribution in [0.25, 0.3) is 0 Å². The molecule has 0 saturated heterocycles. The molecule has 0 fully saturated rings. The zero-order valence-corrected chi connectivity index (χ0v) is 7.87. The van der Waals surface area contributed by atoms with E-state index in [9.17, 15) is 4.79 Å². The van der Waals surface area contributed by atoms with E-state index in [1.807, 2.05) is 0 Å². The standard InChI is InChI=1S/C6H7ClN2O2S/c1-3(11)8-6-9-4(2-10)5(7)12-6/h10H,2H2,1H3,(H,8,9,11). The Morgan fingerprint density at radius 1 is 1.83 bits per heavy atom. The molecule has 0 unspecified atom stereocenters. The molecule has 0 saturated carbocycles. The SMILES string of the molecule is CC(=O)Nc1nc(CO)c(Cl)s1. The first-order valence-corrected chi connectivity index (χ1v) is 4.36. The molecule has 2 N–H and O–H groups in total. The number of thiazole rings is 1. The Morgan fingerprint density at radius 2 is 2.50 bits per heavy atom. The Bertz CT molecular complexity index is 300. The molecule has 0 aromatic carbocycles. The number of hydrogen-bond donors (Lipinski definition) is 2. The predicted molar refractivity (Wildman–Crippen MR) is 47.4 cm³/mol. The lowest BCUT2D eigenvalue weighted by molar-refractivity contribution is -0.114. The van der Waals surface area contributed by atoms with Gasteiger partial charge in [0.25, 0.3) is 0 Å². The molecule has 0 aliphatic heterocycles. The fourth-order valence-electron chi connectivity index (χ4n) is 0.635. The van der Waals surface area contributed by atoms with E-state index in [2.05, 4.69) is 10.3 Å². The van der Waals surface area contributed by atoms with Gasteiger partial charge in [0.15, 0.2) is 5.13 Å². The third kappa shape index (κ3) is 2.17. The van der Waals surface area contributed by atoms with Gasteiger partial charge in [-0.2, -0.15) is 0 Å². The maximum atomic E-state index is 10.6. The molecule has 0 radical (unpaired) electrons. The lowest BCUT2D eigenvalue weighted by Gasteiger charge is -1.91. The largest absolute Gasteiger partial charge is 0.390 e. The van der Waals surface area contributed by atoms with Crippen molar-refractivity contribution >= 4 is 34.0 Å². The van der Waals surface area contributed by atoms with Gasteiger partial charge in [-0.15, -0.1) is 0 Å². The normalized spacial score (nSPS) is 9.92. The molecule has 66 valence electrons. The second-order valence-corrected chi connectivity index (χ2v) is 3.68. The molecule has 12 heavy (non-hydrogen) atoms. The molecule has 0 aliphatic rings. The summed E-state index contributed by atoms with van der Waals surface area (Å²) in [5.41, 5.74) is 0.394. The van der Waals surface area contributed by atoms with Crippen molar-refractivity contribution in [1.82, 2.24) is 4.98 Å². The smallest absolute Gasteiger partial charge is 0.223 e. The summed E-state index contributed by atoms with van der Waals surface area (Å²) in [7, 11) is 0. The number of anilines is 1. The van der Waals surface area contributed by atoms with Gasteiger partial charge in [0, 0.05) is 6.92 Å². The Balaban J connectivity index is 2.82. The molecule has 6 heteroatoms. The maximum Gasteiger partial charge on any atom is 0.223 e. The van der Waals surface area contributed by atoms with E-state index in [0.29, 0.717) is 15.2 Å². The minimum Gasteiger partial charge on any atom is -0.390 e. The van der Waals surface area contributed by atoms with Gasteiger partial charge >= 0.3 is 0 Å². The van der Waals surface area contributed by atoms with Gasteiger partial charge in [0.05, 0.1) is 12.3 Å². The lowest BCUT2D eigenvalue weighted by Crippen LogP contribution is -2.05. The van der Waals surface area contributed by atoms with Crippen molar-refractivity contribution in [3.8, 4) is 0 Å². The summed E-state index contributed by atoms with van der Waals surface area (Å²) in [6, 6.07) is 0. The molecule has 1 aromatic heterocycles. The van der Waals surface area contributed by atoms with Crippen LogP contribution < -0.4 is 5.32 Å². The van der Waals surface area contributed by atoms with Crippen LogP contribution in [0.3, 0.4) is 0 Å². The monoisotopic (exact) mass is 206 g/mol. The number of amides is 1. The molecule has 4 nitrogen and oxygen atoms in total. The van der Waals surface area contributed by atoms with E-state index >= 15 is 0 Å². The summed E-state index contributed by atoms with van der Waals surface area (Å²) >= 11 is 6.80. The fourth-order valence-corrected chi connectivity index (χ4v) is 1.70. The molecule has 1 aromatic rings. The molecule has 0 spiro atoms. The summed E-state index contributed by atoms with van der Waals surface area (Å²) < 4.78 is 0.404. The highest BCUT2D eigenvalue weighted by Gasteiger charge is 2.08. The van der Waals surface area contributed by atoms with Crippen LogP contribution in [-0.4, -0.2) is 16.0 Å². The van der Waals surface area contributed by atoms with Crippen LogP contribution in [0.1, 0.15) is 12.6 Å². The number of aromatic nitrogens is 1. The Morgan fingerprint density at radius 3 is 2.92 bits per heavy atom. The molecule has 1 heterocycles. The number of carbonyl (C=O) groups excluding carboxylic acids is 1. The summed E-state index contributed by atoms with van der Waals surface area (Å²) in [5, 5.41) is 11.6. The third-order valence-electron chi connectivity index (χ3n) is 1.08. The van der Waals surface area contributed by atoms with Crippen LogP contribution in [0, 0.1) is 0 Å². The second-order valence-electron chi connectivity index (χ2n) is 2.08. The summed E-state index contributed by atoms with van der Waals surface area (Å²) in [5.74, 6) is -0.204. The molecule has 1 amide bonds. The molecular formula is C6H7ClN2O2S. The number of aliphatic hydroxyl groups excluding tert-OH is 1. The molecular weight excluding hydrogens is 200 g/mol. The number of hydrogen-bond acceptors (Lipinski definition) is 4. The van der Waals surface area contributed by atoms with E-state index in [-0.39, 0.29) is 12.5 Å². The van der Waals surface area contributed by atoms with Crippen molar-refractivity contribution in [3.63, 3.8) is 0 Å². The van der Waals surface area contributed by atoms with Gasteiger partial charge in [-0.25, -0.2) is 4.98 Å². The van der Waals surface area contributed by atoms with E-state index in [4.69, 9.17) is 16.7 Å². The average Bonchev–Trinajstić information content (AvgIpc) is 2.29. The quantitative estimate of drug-likeness (QED) is 0.766. The fraction of sp³-hybridized carbons (Fsp3) is 0.333. The van der Waals surface area contributed by atoms with E-state index < -0.39 is 0 Å². The Labute approximate surface area is 78.2 Å². The second kappa shape index (κ2) is 3.84. The molecule has 1 rings (SSSR count). The van der Waals surface area contributed by atoms with Gasteiger partial charge in [0.1, 0.15) is 4.34 Å². The summed E-state index contributed by atoms with van der Waals surface area (Å²) in [6.07, 6.45) is 0. The van der Waals surface area contributed by atoms with Crippen molar-refractivity contribution in [1.29, 1.82) is 0 Å². The summed E-state index contributed by atoms with van der Waals surface area (Å²) in [6.45, 7) is 1.17. The van der Waals surface area contributed by atoms with Crippen molar-refractivity contribution in [3.05, 3.63) is 10.0 Å². The number of halogens is 1. The maximum absolute atomic E-state index is 10.6. The van der Waals surface area contributed by atoms with Crippen LogP contribution >= 0.6 is 22.9 Å². The van der Waals surface area contributed by atoms with Crippen LogP contribution in [0.5, 0.6) is 0 Å². The summed E-state index contributed by atoms with van der Waals surface area (Å²) in [4.78, 5) is 14.4. The number of nitrogens with zero attached hydrogens (tertiary/aromatic N) is 1. The van der Waals surface area contributed by atoms with Crippen molar-refractivity contribution < 1.29 is 9.90 Å². The van der Waals surface area contributed by atoms with Gasteiger partial charge in [-0.1, -0.05) is 22.9 Å². The molecule has 0 atom stereocenters. The van der Waals surface area contributed by atoms with Crippen molar-refractivity contribution in [2.75, 3.05) is 5.32 Å². The number of rotatable bonds is 2. The van der Waals surface area contributed by atoms with Gasteiger partial charge in [0.2, 0.25) is 5.91 Å². The number of aliphatic hydroxyl groups is 1. The Hall–Kier alpha value is -0.650. The average molecular weight is 207 g/mol. The highest BCUT2D eigenvalue weighted by Crippen LogP contribution is 2.27. The first-order valence-electron chi connectivity index (χ1n) is 3.17. The Kier molecular flexibility index (Phi) is 3.02. The van der Waals surface area contributed by atoms with Gasteiger partial charge < -0.3 is 10.4 Å². The van der Waals surface area contributed by atoms with Gasteiger partial charge in [-0.05, 0) is 0 Å². The van der Waals surface area contributed by atoms with E-state index in [1.54, 1.807) is 0 Å². The lowest BCUT2D eigenvalue weighted by atomic mass is 10.5. The zero-order valence-electron chi connectivity index (χ0n) is 6.30. The van der Waals surface area contributed by atoms with Crippen molar-refractivity contribution in [2.24, 2.45) is 0 Å². The van der Waals surface area contributed by atoms with Crippen molar-refractivity contribution in [2.45, 2.75) is 13.5 Å². The minimum atomic E-state index is -0.213. The first kappa shape index (κ1) is 9.44. The van der Waals surface area contributed by atoms with E-state index in [1.165, 1.54) is 6.92 Å². The van der Waals surface area contributed by atoms with Crippen LogP contribution in [0.4, 0.5) is 5.13 Å². The highest BCUT2D eigenvalue weighted by molar-refractivity contribution is 7.19. The number of nitrogens with one attached hydrogen (secondary N) is 1. The minimum absolute atomic E-state index is 0.204. The topological polar surface area (TPSA) is 62.2 Å². The highest BCUT2D eigenvalue weighted by atomic mass is 35.5. The molecule has 0 bridgehead atoms. The zero-order chi connectivity index (χ0) is 9.14.